The maximum Gasteiger partial charge on any atom is 0.255 e. The number of hydrogen-bond donors (Lipinski definition) is 5. The fourth-order valence-electron chi connectivity index (χ4n) is 7.33. The number of piperidine rings is 1. The molecular weight excluding hydrogens is 558 g/mol. The molecule has 0 spiro atoms. The zero-order valence-electron chi connectivity index (χ0n) is 24.2. The van der Waals surface area contributed by atoms with Gasteiger partial charge in [-0.3, -0.25) is 19.3 Å². The van der Waals surface area contributed by atoms with Gasteiger partial charge in [0.25, 0.3) is 5.91 Å². The van der Waals surface area contributed by atoms with Crippen molar-refractivity contribution in [1.82, 2.24) is 9.88 Å². The number of ketones is 2. The number of fused-ring (bicyclic) bond motifs is 3. The Bertz CT molecular complexity index is 1600. The molecule has 6 N–H and O–H groups in total. The Kier molecular flexibility index (Phi) is 6.98. The topological polar surface area (TPSA) is 197 Å². The number of methoxy groups -OCH3 is 1. The first-order chi connectivity index (χ1) is 20.4. The van der Waals surface area contributed by atoms with Crippen LogP contribution in [0.15, 0.2) is 39.7 Å². The third-order valence-corrected chi connectivity index (χ3v) is 9.60. The van der Waals surface area contributed by atoms with E-state index in [-0.39, 0.29) is 47.6 Å². The van der Waals surface area contributed by atoms with E-state index < -0.39 is 58.0 Å². The van der Waals surface area contributed by atoms with Crippen molar-refractivity contribution in [3.05, 3.63) is 52.1 Å². The Morgan fingerprint density at radius 2 is 1.88 bits per heavy atom. The minimum absolute atomic E-state index is 0.00730. The van der Waals surface area contributed by atoms with Gasteiger partial charge < -0.3 is 35.3 Å². The number of aromatic hydroxyl groups is 1. The Labute approximate surface area is 247 Å². The van der Waals surface area contributed by atoms with E-state index in [2.05, 4.69) is 4.98 Å². The number of likely N-dealkylation sites (tertiary alicyclic amines) is 1. The van der Waals surface area contributed by atoms with Gasteiger partial charge in [-0.05, 0) is 55.2 Å². The second-order valence-corrected chi connectivity index (χ2v) is 12.2. The molecule has 1 amide bonds. The standard InChI is InChI=1S/C31H35N3O9/c1-13(2)19-12-43-30(33-19)16-4-5-20(35)22-17(16)10-14-11-18-24(34-8-6-15(42-3)7-9-34)26(37)23(29(32)40)28(39)31(18,41)27(38)21(14)25(22)36/h4-5,12-15,18,24,35-36,39,41H,6-11H2,1-3H3,(H2,32,40). The third kappa shape index (κ3) is 4.22. The Morgan fingerprint density at radius 1 is 1.19 bits per heavy atom. The van der Waals surface area contributed by atoms with Gasteiger partial charge >= 0.3 is 0 Å². The van der Waals surface area contributed by atoms with Crippen LogP contribution in [0.1, 0.15) is 55.8 Å². The van der Waals surface area contributed by atoms with Crippen molar-refractivity contribution < 1.29 is 44.0 Å². The van der Waals surface area contributed by atoms with E-state index in [4.69, 9.17) is 14.9 Å². The quantitative estimate of drug-likeness (QED) is 0.319. The van der Waals surface area contributed by atoms with Gasteiger partial charge in [-0.2, -0.15) is 0 Å². The molecule has 3 aliphatic carbocycles. The Balaban J connectivity index is 1.49. The summed E-state index contributed by atoms with van der Waals surface area (Å²) in [5.74, 6) is -6.47. The minimum atomic E-state index is -2.69. The summed E-state index contributed by atoms with van der Waals surface area (Å²) in [6.45, 7) is 4.72. The van der Waals surface area contributed by atoms with Gasteiger partial charge in [0.05, 0.1) is 23.4 Å². The van der Waals surface area contributed by atoms with Gasteiger partial charge in [0.1, 0.15) is 29.1 Å². The summed E-state index contributed by atoms with van der Waals surface area (Å²) in [4.78, 5) is 46.8. The minimum Gasteiger partial charge on any atom is -0.508 e. The summed E-state index contributed by atoms with van der Waals surface area (Å²) in [5.41, 5.74) is 3.52. The molecule has 1 aromatic heterocycles. The molecule has 1 saturated heterocycles. The van der Waals surface area contributed by atoms with Crippen LogP contribution in [0, 0.1) is 11.8 Å². The van der Waals surface area contributed by atoms with Crippen molar-refractivity contribution in [2.45, 2.75) is 63.2 Å². The first-order valence-corrected chi connectivity index (χ1v) is 14.5. The van der Waals surface area contributed by atoms with E-state index >= 15 is 0 Å². The first-order valence-electron chi connectivity index (χ1n) is 14.5. The van der Waals surface area contributed by atoms with E-state index in [1.54, 1.807) is 24.3 Å². The summed E-state index contributed by atoms with van der Waals surface area (Å²) >= 11 is 0. The molecule has 12 nitrogen and oxygen atoms in total. The van der Waals surface area contributed by atoms with Gasteiger partial charge in [0.15, 0.2) is 11.4 Å². The van der Waals surface area contributed by atoms with Crippen LogP contribution >= 0.6 is 0 Å². The molecule has 2 heterocycles. The average Bonchev–Trinajstić information content (AvgIpc) is 3.46. The first kappa shape index (κ1) is 29.1. The molecule has 6 rings (SSSR count). The number of Topliss-reactive ketones (excluding diaryl/α,β-unsaturated/α-hetero) is 2. The van der Waals surface area contributed by atoms with Crippen molar-refractivity contribution in [3.63, 3.8) is 0 Å². The normalized spacial score (nSPS) is 28.3. The highest BCUT2D eigenvalue weighted by Crippen LogP contribution is 2.54. The highest BCUT2D eigenvalue weighted by atomic mass is 16.5. The van der Waals surface area contributed by atoms with Crippen LogP contribution in [0.2, 0.25) is 0 Å². The molecule has 0 radical (unpaired) electrons. The maximum absolute atomic E-state index is 14.2. The Morgan fingerprint density at radius 3 is 2.49 bits per heavy atom. The lowest BCUT2D eigenvalue weighted by atomic mass is 9.57. The zero-order chi connectivity index (χ0) is 31.0. The van der Waals surface area contributed by atoms with Crippen molar-refractivity contribution in [2.24, 2.45) is 17.6 Å². The van der Waals surface area contributed by atoms with Gasteiger partial charge in [-0.15, -0.1) is 0 Å². The number of amides is 1. The maximum atomic E-state index is 14.2. The van der Waals surface area contributed by atoms with Crippen LogP contribution in [0.4, 0.5) is 0 Å². The van der Waals surface area contributed by atoms with Crippen molar-refractivity contribution in [2.75, 3.05) is 20.2 Å². The summed E-state index contributed by atoms with van der Waals surface area (Å²) in [7, 11) is 1.60. The number of nitrogens with zero attached hydrogens (tertiary/aromatic N) is 2. The van der Waals surface area contributed by atoms with Crippen LogP contribution in [-0.4, -0.2) is 85.7 Å². The molecule has 4 unspecified atom stereocenters. The van der Waals surface area contributed by atoms with Gasteiger partial charge in [0, 0.05) is 37.3 Å². The van der Waals surface area contributed by atoms with Crippen LogP contribution < -0.4 is 5.73 Å². The highest BCUT2D eigenvalue weighted by Gasteiger charge is 2.64. The highest BCUT2D eigenvalue weighted by molar-refractivity contribution is 6.24. The van der Waals surface area contributed by atoms with Crippen molar-refractivity contribution >= 4 is 23.2 Å². The monoisotopic (exact) mass is 593 g/mol. The zero-order valence-corrected chi connectivity index (χ0v) is 24.2. The van der Waals surface area contributed by atoms with E-state index in [0.717, 1.165) is 5.69 Å². The van der Waals surface area contributed by atoms with E-state index in [1.165, 1.54) is 6.07 Å². The summed E-state index contributed by atoms with van der Waals surface area (Å²) in [5, 5.41) is 45.5. The molecular formula is C31H35N3O9. The van der Waals surface area contributed by atoms with Gasteiger partial charge in [-0.25, -0.2) is 4.98 Å². The van der Waals surface area contributed by atoms with Crippen LogP contribution in [0.3, 0.4) is 0 Å². The fraction of sp³-hybridized carbons (Fsp3) is 0.484. The number of aliphatic hydroxyl groups excluding tert-OH is 2. The van der Waals surface area contributed by atoms with Crippen molar-refractivity contribution in [3.8, 4) is 17.2 Å². The molecule has 2 fully saturated rings. The largest absolute Gasteiger partial charge is 0.508 e. The molecule has 1 saturated carbocycles. The number of phenolic OH excluding ortho intramolecular Hbond substituents is 1. The number of benzene rings is 1. The second-order valence-electron chi connectivity index (χ2n) is 12.2. The van der Waals surface area contributed by atoms with Crippen molar-refractivity contribution in [1.29, 1.82) is 0 Å². The molecule has 4 aliphatic rings. The van der Waals surface area contributed by atoms with E-state index in [0.29, 0.717) is 37.1 Å². The fourth-order valence-corrected chi connectivity index (χ4v) is 7.33. The SMILES string of the molecule is COC1CCN(C2C(=O)C(C(N)=O)=C(O)C3(O)C(=O)C4=C(O)c5c(O)ccc(-c6nc(C(C)C)co6)c5CC4CC23)CC1. The average molecular weight is 594 g/mol. The molecule has 1 aromatic carbocycles. The number of ether oxygens (including phenoxy) is 1. The third-order valence-electron chi connectivity index (χ3n) is 9.60. The van der Waals surface area contributed by atoms with Crippen LogP contribution in [-0.2, 0) is 25.5 Å². The van der Waals surface area contributed by atoms with Gasteiger partial charge in [-0.1, -0.05) is 13.8 Å². The van der Waals surface area contributed by atoms with Gasteiger partial charge in [0.2, 0.25) is 11.7 Å². The number of rotatable bonds is 5. The summed E-state index contributed by atoms with van der Waals surface area (Å²) in [6, 6.07) is 1.86. The molecule has 1 aliphatic heterocycles. The molecule has 12 heteroatoms. The Hall–Kier alpha value is -4.00. The van der Waals surface area contributed by atoms with Crippen LogP contribution in [0.25, 0.3) is 17.2 Å². The molecule has 43 heavy (non-hydrogen) atoms. The molecule has 4 atom stereocenters. The lowest BCUT2D eigenvalue weighted by molar-refractivity contribution is -0.156. The molecule has 228 valence electrons. The summed E-state index contributed by atoms with van der Waals surface area (Å²) < 4.78 is 11.2. The number of oxazole rings is 1. The summed E-state index contributed by atoms with van der Waals surface area (Å²) in [6.07, 6.45) is 2.84. The smallest absolute Gasteiger partial charge is 0.255 e. The lowest BCUT2D eigenvalue weighted by Crippen LogP contribution is -2.67. The van der Waals surface area contributed by atoms with Crippen LogP contribution in [0.5, 0.6) is 5.75 Å². The predicted molar refractivity (Wildman–Crippen MR) is 152 cm³/mol. The number of aromatic nitrogens is 1. The molecule has 2 aromatic rings. The number of carbonyl (C=O) groups excluding carboxylic acids is 3. The number of aliphatic hydroxyl groups is 3. The van der Waals surface area contributed by atoms with E-state index in [9.17, 15) is 34.8 Å². The number of hydrogen-bond acceptors (Lipinski definition) is 11. The number of phenols is 1. The second kappa shape index (κ2) is 10.3. The van der Waals surface area contributed by atoms with E-state index in [1.807, 2.05) is 13.8 Å². The number of nitrogens with two attached hydrogens (primary N) is 1. The number of carbonyl (C=O) groups is 3. The lowest BCUT2D eigenvalue weighted by Gasteiger charge is -2.52. The number of primary amides is 1. The molecule has 0 bridgehead atoms. The predicted octanol–water partition coefficient (Wildman–Crippen LogP) is 2.29.